The first kappa shape index (κ1) is 13.7. The van der Waals surface area contributed by atoms with Gasteiger partial charge in [-0.05, 0) is 24.5 Å². The van der Waals surface area contributed by atoms with Gasteiger partial charge >= 0.3 is 0 Å². The third-order valence-corrected chi connectivity index (χ3v) is 3.60. The molecule has 1 saturated carbocycles. The van der Waals surface area contributed by atoms with Crippen LogP contribution < -0.4 is 10.1 Å². The molecule has 0 aliphatic heterocycles. The molecule has 0 bridgehead atoms. The predicted octanol–water partition coefficient (Wildman–Crippen LogP) is 4.02. The van der Waals surface area contributed by atoms with Crippen molar-refractivity contribution in [1.29, 1.82) is 0 Å². The summed E-state index contributed by atoms with van der Waals surface area (Å²) < 4.78 is 5.88. The molecule has 1 N–H and O–H groups in total. The summed E-state index contributed by atoms with van der Waals surface area (Å²) in [6.45, 7) is 5.82. The minimum Gasteiger partial charge on any atom is -0.493 e. The minimum absolute atomic E-state index is 0.445. The van der Waals surface area contributed by atoms with Crippen LogP contribution in [0.1, 0.15) is 38.7 Å². The molecule has 1 aliphatic carbocycles. The zero-order chi connectivity index (χ0) is 13.0. The predicted molar refractivity (Wildman–Crippen MR) is 76.3 cm³/mol. The summed E-state index contributed by atoms with van der Waals surface area (Å²) in [5.74, 6) is 1.83. The van der Waals surface area contributed by atoms with Gasteiger partial charge in [-0.25, -0.2) is 0 Å². The molecule has 1 aromatic rings. The molecule has 0 spiro atoms. The molecule has 1 aliphatic rings. The molecule has 0 heterocycles. The molecule has 0 atom stereocenters. The minimum atomic E-state index is 0.445. The van der Waals surface area contributed by atoms with Gasteiger partial charge in [0.1, 0.15) is 5.75 Å². The summed E-state index contributed by atoms with van der Waals surface area (Å²) in [5.41, 5.74) is 1.07. The van der Waals surface area contributed by atoms with E-state index in [9.17, 15) is 0 Å². The smallest absolute Gasteiger partial charge is 0.125 e. The first-order valence-electron chi connectivity index (χ1n) is 6.80. The molecule has 2 rings (SSSR count). The number of ether oxygens (including phenoxy) is 1. The molecule has 0 saturated heterocycles. The molecule has 18 heavy (non-hydrogen) atoms. The Morgan fingerprint density at radius 3 is 2.83 bits per heavy atom. The van der Waals surface area contributed by atoms with Gasteiger partial charge in [-0.3, -0.25) is 0 Å². The average molecular weight is 268 g/mol. The Bertz CT molecular complexity index is 388. The molecule has 0 aromatic heterocycles. The van der Waals surface area contributed by atoms with Crippen molar-refractivity contribution >= 4 is 11.6 Å². The molecule has 2 nitrogen and oxygen atoms in total. The summed E-state index contributed by atoms with van der Waals surface area (Å²) in [5, 5.41) is 4.17. The third kappa shape index (κ3) is 4.18. The van der Waals surface area contributed by atoms with Crippen LogP contribution in [-0.4, -0.2) is 12.6 Å². The summed E-state index contributed by atoms with van der Waals surface area (Å²) >= 11 is 6.25. The van der Waals surface area contributed by atoms with Crippen molar-refractivity contribution in [1.82, 2.24) is 5.32 Å². The van der Waals surface area contributed by atoms with Crippen molar-refractivity contribution in [2.24, 2.45) is 5.92 Å². The Labute approximate surface area is 115 Å². The van der Waals surface area contributed by atoms with Gasteiger partial charge in [0, 0.05) is 23.2 Å². The molecule has 1 aromatic carbocycles. The first-order valence-corrected chi connectivity index (χ1v) is 7.18. The number of rotatable bonds is 7. The highest BCUT2D eigenvalue weighted by molar-refractivity contribution is 6.31. The third-order valence-electron chi connectivity index (χ3n) is 3.24. The van der Waals surface area contributed by atoms with Crippen LogP contribution in [0.25, 0.3) is 0 Å². The van der Waals surface area contributed by atoms with Crippen LogP contribution in [-0.2, 0) is 6.54 Å². The first-order chi connectivity index (χ1) is 8.66. The van der Waals surface area contributed by atoms with E-state index in [4.69, 9.17) is 16.3 Å². The van der Waals surface area contributed by atoms with Crippen molar-refractivity contribution in [3.8, 4) is 5.75 Å². The Kier molecular flexibility index (Phi) is 4.90. The van der Waals surface area contributed by atoms with E-state index in [-0.39, 0.29) is 0 Å². The van der Waals surface area contributed by atoms with Crippen LogP contribution in [0, 0.1) is 5.92 Å². The van der Waals surface area contributed by atoms with Crippen molar-refractivity contribution in [2.45, 2.75) is 45.7 Å². The maximum atomic E-state index is 6.25. The van der Waals surface area contributed by atoms with E-state index in [1.807, 2.05) is 18.2 Å². The number of hydrogen-bond donors (Lipinski definition) is 1. The SMILES string of the molecule is CC(C)NCc1c(Cl)cccc1OCCC1CC1. The van der Waals surface area contributed by atoms with Gasteiger partial charge in [-0.15, -0.1) is 0 Å². The van der Waals surface area contributed by atoms with Crippen molar-refractivity contribution < 1.29 is 4.74 Å². The summed E-state index contributed by atoms with van der Waals surface area (Å²) in [7, 11) is 0. The van der Waals surface area contributed by atoms with E-state index in [1.54, 1.807) is 0 Å². The molecule has 1 fully saturated rings. The highest BCUT2D eigenvalue weighted by atomic mass is 35.5. The Balaban J connectivity index is 1.95. The standard InChI is InChI=1S/C15H22ClNO/c1-11(2)17-10-13-14(16)4-3-5-15(13)18-9-8-12-6-7-12/h3-5,11-12,17H,6-10H2,1-2H3. The molecule has 0 amide bonds. The van der Waals surface area contributed by atoms with E-state index in [0.717, 1.165) is 35.4 Å². The second-order valence-electron chi connectivity index (χ2n) is 5.33. The number of benzene rings is 1. The van der Waals surface area contributed by atoms with Gasteiger partial charge in [0.15, 0.2) is 0 Å². The molecule has 3 heteroatoms. The topological polar surface area (TPSA) is 21.3 Å². The average Bonchev–Trinajstić information content (AvgIpc) is 3.12. The van der Waals surface area contributed by atoms with Crippen molar-refractivity contribution in [3.63, 3.8) is 0 Å². The fourth-order valence-corrected chi connectivity index (χ4v) is 2.13. The zero-order valence-corrected chi connectivity index (χ0v) is 12.0. The van der Waals surface area contributed by atoms with Crippen LogP contribution in [0.15, 0.2) is 18.2 Å². The Morgan fingerprint density at radius 2 is 2.17 bits per heavy atom. The molecule has 0 unspecified atom stereocenters. The summed E-state index contributed by atoms with van der Waals surface area (Å²) in [6.07, 6.45) is 3.92. The monoisotopic (exact) mass is 267 g/mol. The lowest BCUT2D eigenvalue weighted by Gasteiger charge is -2.15. The van der Waals surface area contributed by atoms with Gasteiger partial charge in [0.2, 0.25) is 0 Å². The fraction of sp³-hybridized carbons (Fsp3) is 0.600. The molecular formula is C15H22ClNO. The summed E-state index contributed by atoms with van der Waals surface area (Å²) in [4.78, 5) is 0. The van der Waals surface area contributed by atoms with Gasteiger partial charge in [0.25, 0.3) is 0 Å². The lowest BCUT2D eigenvalue weighted by molar-refractivity contribution is 0.298. The van der Waals surface area contributed by atoms with E-state index < -0.39 is 0 Å². The van der Waals surface area contributed by atoms with Gasteiger partial charge in [-0.1, -0.05) is 44.4 Å². The van der Waals surface area contributed by atoms with Crippen LogP contribution in [0.5, 0.6) is 5.75 Å². The zero-order valence-electron chi connectivity index (χ0n) is 11.2. The number of nitrogens with one attached hydrogen (secondary N) is 1. The summed E-state index contributed by atoms with van der Waals surface area (Å²) in [6, 6.07) is 6.33. The number of hydrogen-bond acceptors (Lipinski definition) is 2. The van der Waals surface area contributed by atoms with E-state index >= 15 is 0 Å². The fourth-order valence-electron chi connectivity index (χ4n) is 1.89. The molecular weight excluding hydrogens is 246 g/mol. The van der Waals surface area contributed by atoms with Crippen LogP contribution >= 0.6 is 11.6 Å². The van der Waals surface area contributed by atoms with Gasteiger partial charge in [0.05, 0.1) is 6.61 Å². The Hall–Kier alpha value is -0.730. The van der Waals surface area contributed by atoms with Crippen LogP contribution in [0.4, 0.5) is 0 Å². The lowest BCUT2D eigenvalue weighted by atomic mass is 10.2. The maximum Gasteiger partial charge on any atom is 0.125 e. The second-order valence-corrected chi connectivity index (χ2v) is 5.74. The van der Waals surface area contributed by atoms with Crippen LogP contribution in [0.3, 0.4) is 0 Å². The molecule has 100 valence electrons. The lowest BCUT2D eigenvalue weighted by Crippen LogP contribution is -2.22. The van der Waals surface area contributed by atoms with E-state index in [2.05, 4.69) is 19.2 Å². The second kappa shape index (κ2) is 6.44. The van der Waals surface area contributed by atoms with Crippen molar-refractivity contribution in [3.05, 3.63) is 28.8 Å². The quantitative estimate of drug-likeness (QED) is 0.806. The van der Waals surface area contributed by atoms with Crippen LogP contribution in [0.2, 0.25) is 5.02 Å². The number of halogens is 1. The largest absolute Gasteiger partial charge is 0.493 e. The van der Waals surface area contributed by atoms with Gasteiger partial charge in [-0.2, -0.15) is 0 Å². The van der Waals surface area contributed by atoms with E-state index in [1.165, 1.54) is 19.3 Å². The maximum absolute atomic E-state index is 6.25. The highest BCUT2D eigenvalue weighted by Crippen LogP contribution is 2.33. The van der Waals surface area contributed by atoms with Crippen molar-refractivity contribution in [2.75, 3.05) is 6.61 Å². The molecule has 0 radical (unpaired) electrons. The normalized spacial score (nSPS) is 15.1. The van der Waals surface area contributed by atoms with Gasteiger partial charge < -0.3 is 10.1 Å². The highest BCUT2D eigenvalue weighted by Gasteiger charge is 2.21. The van der Waals surface area contributed by atoms with E-state index in [0.29, 0.717) is 6.04 Å². The Morgan fingerprint density at radius 1 is 1.39 bits per heavy atom.